The standard InChI is InChI=1S/C8H18S/c1-4-6-9-7-8(3)5-2/h8H,4-7H2,1-3H3. The van der Waals surface area contributed by atoms with E-state index in [-0.39, 0.29) is 0 Å². The Kier molecular flexibility index (Phi) is 6.72. The summed E-state index contributed by atoms with van der Waals surface area (Å²) in [5.74, 6) is 3.61. The van der Waals surface area contributed by atoms with E-state index in [0.29, 0.717) is 0 Å². The summed E-state index contributed by atoms with van der Waals surface area (Å²) in [7, 11) is 0. The molecule has 56 valence electrons. The third kappa shape index (κ3) is 6.23. The van der Waals surface area contributed by atoms with E-state index in [9.17, 15) is 0 Å². The van der Waals surface area contributed by atoms with Crippen LogP contribution in [0.4, 0.5) is 0 Å². The lowest BCUT2D eigenvalue weighted by Gasteiger charge is -2.05. The first-order valence-corrected chi connectivity index (χ1v) is 5.04. The van der Waals surface area contributed by atoms with Crippen LogP contribution in [0, 0.1) is 5.92 Å². The quantitative estimate of drug-likeness (QED) is 0.537. The van der Waals surface area contributed by atoms with Crippen LogP contribution >= 0.6 is 11.8 Å². The first-order valence-electron chi connectivity index (χ1n) is 3.89. The molecule has 0 aromatic rings. The Labute approximate surface area is 63.4 Å². The Morgan fingerprint density at radius 1 is 1.33 bits per heavy atom. The van der Waals surface area contributed by atoms with Crippen molar-refractivity contribution >= 4 is 11.8 Å². The Hall–Kier alpha value is 0.350. The number of hydrogen-bond acceptors (Lipinski definition) is 1. The number of rotatable bonds is 5. The van der Waals surface area contributed by atoms with E-state index in [0.717, 1.165) is 5.92 Å². The van der Waals surface area contributed by atoms with Crippen molar-refractivity contribution in [1.82, 2.24) is 0 Å². The van der Waals surface area contributed by atoms with E-state index in [4.69, 9.17) is 0 Å². The van der Waals surface area contributed by atoms with Gasteiger partial charge < -0.3 is 0 Å². The first kappa shape index (κ1) is 9.35. The van der Waals surface area contributed by atoms with Gasteiger partial charge in [-0.25, -0.2) is 0 Å². The normalized spacial score (nSPS) is 13.7. The van der Waals surface area contributed by atoms with Gasteiger partial charge in [-0.1, -0.05) is 27.2 Å². The summed E-state index contributed by atoms with van der Waals surface area (Å²) in [6.45, 7) is 6.82. The number of hydrogen-bond donors (Lipinski definition) is 0. The zero-order valence-electron chi connectivity index (χ0n) is 6.81. The van der Waals surface area contributed by atoms with Gasteiger partial charge in [0.1, 0.15) is 0 Å². The lowest BCUT2D eigenvalue weighted by Crippen LogP contribution is -1.95. The van der Waals surface area contributed by atoms with Gasteiger partial charge in [-0.05, 0) is 23.8 Å². The minimum absolute atomic E-state index is 0.918. The molecule has 0 fully saturated rings. The van der Waals surface area contributed by atoms with Gasteiger partial charge in [0, 0.05) is 0 Å². The van der Waals surface area contributed by atoms with Crippen molar-refractivity contribution in [2.45, 2.75) is 33.6 Å². The molecule has 1 atom stereocenters. The van der Waals surface area contributed by atoms with E-state index < -0.39 is 0 Å². The second-order valence-electron chi connectivity index (χ2n) is 2.59. The summed E-state index contributed by atoms with van der Waals surface area (Å²) >= 11 is 2.09. The summed E-state index contributed by atoms with van der Waals surface area (Å²) < 4.78 is 0. The largest absolute Gasteiger partial charge is 0.162 e. The molecule has 0 bridgehead atoms. The van der Waals surface area contributed by atoms with E-state index in [1.54, 1.807) is 0 Å². The summed E-state index contributed by atoms with van der Waals surface area (Å²) in [6.07, 6.45) is 2.65. The SMILES string of the molecule is CCCSCC(C)CC. The molecule has 0 aliphatic heterocycles. The van der Waals surface area contributed by atoms with Crippen LogP contribution in [0.3, 0.4) is 0 Å². The van der Waals surface area contributed by atoms with Gasteiger partial charge >= 0.3 is 0 Å². The maximum Gasteiger partial charge on any atom is -0.00419 e. The van der Waals surface area contributed by atoms with Crippen molar-refractivity contribution in [3.63, 3.8) is 0 Å². The molecule has 0 rings (SSSR count). The minimum atomic E-state index is 0.918. The van der Waals surface area contributed by atoms with Crippen molar-refractivity contribution in [3.8, 4) is 0 Å². The predicted molar refractivity (Wildman–Crippen MR) is 47.1 cm³/mol. The van der Waals surface area contributed by atoms with Crippen LogP contribution in [0.2, 0.25) is 0 Å². The first-order chi connectivity index (χ1) is 4.31. The summed E-state index contributed by atoms with van der Waals surface area (Å²) in [4.78, 5) is 0. The summed E-state index contributed by atoms with van der Waals surface area (Å²) in [6, 6.07) is 0. The highest BCUT2D eigenvalue weighted by Crippen LogP contribution is 2.11. The van der Waals surface area contributed by atoms with Gasteiger partial charge in [0.05, 0.1) is 0 Å². The fourth-order valence-corrected chi connectivity index (χ4v) is 1.64. The van der Waals surface area contributed by atoms with Crippen LogP contribution in [0.5, 0.6) is 0 Å². The molecular weight excluding hydrogens is 128 g/mol. The van der Waals surface area contributed by atoms with Crippen LogP contribution < -0.4 is 0 Å². The number of thioether (sulfide) groups is 1. The molecule has 1 heteroatoms. The van der Waals surface area contributed by atoms with Gasteiger partial charge in [-0.2, -0.15) is 11.8 Å². The van der Waals surface area contributed by atoms with Gasteiger partial charge in [-0.3, -0.25) is 0 Å². The Morgan fingerprint density at radius 2 is 2.00 bits per heavy atom. The minimum Gasteiger partial charge on any atom is -0.162 e. The highest BCUT2D eigenvalue weighted by atomic mass is 32.2. The Morgan fingerprint density at radius 3 is 2.44 bits per heavy atom. The highest BCUT2D eigenvalue weighted by molar-refractivity contribution is 7.99. The molecule has 1 unspecified atom stereocenters. The average molecular weight is 146 g/mol. The Balaban J connectivity index is 2.88. The van der Waals surface area contributed by atoms with Crippen molar-refractivity contribution < 1.29 is 0 Å². The van der Waals surface area contributed by atoms with E-state index in [1.807, 2.05) is 0 Å². The van der Waals surface area contributed by atoms with Crippen LogP contribution in [-0.2, 0) is 0 Å². The van der Waals surface area contributed by atoms with Crippen LogP contribution in [0.1, 0.15) is 33.6 Å². The molecule has 0 aromatic carbocycles. The molecule has 0 saturated carbocycles. The molecule has 0 N–H and O–H groups in total. The lowest BCUT2D eigenvalue weighted by molar-refractivity contribution is 0.637. The fourth-order valence-electron chi connectivity index (χ4n) is 0.547. The van der Waals surface area contributed by atoms with Crippen molar-refractivity contribution in [2.75, 3.05) is 11.5 Å². The summed E-state index contributed by atoms with van der Waals surface area (Å²) in [5, 5.41) is 0. The van der Waals surface area contributed by atoms with Gasteiger partial charge in [0.15, 0.2) is 0 Å². The molecule has 0 amide bonds. The molecule has 9 heavy (non-hydrogen) atoms. The predicted octanol–water partition coefficient (Wildman–Crippen LogP) is 3.18. The second-order valence-corrected chi connectivity index (χ2v) is 3.74. The second kappa shape index (κ2) is 6.47. The topological polar surface area (TPSA) is 0 Å². The van der Waals surface area contributed by atoms with Crippen molar-refractivity contribution in [1.29, 1.82) is 0 Å². The third-order valence-electron chi connectivity index (χ3n) is 1.45. The highest BCUT2D eigenvalue weighted by Gasteiger charge is 1.96. The zero-order valence-corrected chi connectivity index (χ0v) is 7.63. The molecule has 0 aromatic heterocycles. The van der Waals surface area contributed by atoms with Crippen molar-refractivity contribution in [3.05, 3.63) is 0 Å². The van der Waals surface area contributed by atoms with Crippen LogP contribution in [-0.4, -0.2) is 11.5 Å². The van der Waals surface area contributed by atoms with Crippen molar-refractivity contribution in [2.24, 2.45) is 5.92 Å². The van der Waals surface area contributed by atoms with E-state index >= 15 is 0 Å². The lowest BCUT2D eigenvalue weighted by atomic mass is 10.2. The van der Waals surface area contributed by atoms with Gasteiger partial charge in [0.2, 0.25) is 0 Å². The molecule has 0 spiro atoms. The smallest absolute Gasteiger partial charge is 0.00419 e. The van der Waals surface area contributed by atoms with E-state index in [2.05, 4.69) is 32.5 Å². The van der Waals surface area contributed by atoms with Crippen LogP contribution in [0.15, 0.2) is 0 Å². The monoisotopic (exact) mass is 146 g/mol. The maximum atomic E-state index is 2.32. The van der Waals surface area contributed by atoms with E-state index in [1.165, 1.54) is 24.3 Å². The summed E-state index contributed by atoms with van der Waals surface area (Å²) in [5.41, 5.74) is 0. The molecule has 0 nitrogen and oxygen atoms in total. The van der Waals surface area contributed by atoms with Gasteiger partial charge in [-0.15, -0.1) is 0 Å². The molecule has 0 aliphatic carbocycles. The molecule has 0 radical (unpaired) electrons. The molecule has 0 saturated heterocycles. The maximum absolute atomic E-state index is 2.32. The molecular formula is C8H18S. The third-order valence-corrected chi connectivity index (χ3v) is 2.95. The molecule has 0 heterocycles. The fraction of sp³-hybridized carbons (Fsp3) is 1.00. The Bertz CT molecular complexity index is 52.5. The average Bonchev–Trinajstić information content (AvgIpc) is 1.89. The molecule has 0 aliphatic rings. The van der Waals surface area contributed by atoms with Crippen LogP contribution in [0.25, 0.3) is 0 Å². The zero-order chi connectivity index (χ0) is 7.11. The van der Waals surface area contributed by atoms with Gasteiger partial charge in [0.25, 0.3) is 0 Å².